The minimum atomic E-state index is -0.696. The summed E-state index contributed by atoms with van der Waals surface area (Å²) in [5.74, 6) is 0.688. The van der Waals surface area contributed by atoms with E-state index >= 15 is 0 Å². The summed E-state index contributed by atoms with van der Waals surface area (Å²) in [5.41, 5.74) is 6.03. The molecule has 2 rings (SSSR count). The van der Waals surface area contributed by atoms with E-state index < -0.39 is 18.1 Å². The van der Waals surface area contributed by atoms with Crippen LogP contribution in [0.4, 0.5) is 4.79 Å². The number of nitrogens with two attached hydrogens (primary N) is 1. The first-order valence-electron chi connectivity index (χ1n) is 8.17. The van der Waals surface area contributed by atoms with E-state index in [9.17, 15) is 14.4 Å². The van der Waals surface area contributed by atoms with Crippen molar-refractivity contribution in [2.24, 2.45) is 5.73 Å². The molecule has 136 valence electrons. The van der Waals surface area contributed by atoms with Crippen LogP contribution in [0.1, 0.15) is 24.9 Å². The molecule has 2 atom stereocenters. The fraction of sp³-hybridized carbons (Fsp3) is 0.471. The molecule has 0 aliphatic carbocycles. The Morgan fingerprint density at radius 3 is 2.72 bits per heavy atom. The van der Waals surface area contributed by atoms with E-state index in [1.807, 2.05) is 30.3 Å². The average Bonchev–Trinajstić information content (AvgIpc) is 2.61. The Morgan fingerprint density at radius 2 is 2.08 bits per heavy atom. The number of hydrogen-bond donors (Lipinski definition) is 2. The van der Waals surface area contributed by atoms with Crippen LogP contribution in [0.2, 0.25) is 0 Å². The predicted molar refractivity (Wildman–Crippen MR) is 96.0 cm³/mol. The third-order valence-corrected chi connectivity index (χ3v) is 4.93. The Hall–Kier alpha value is -2.22. The summed E-state index contributed by atoms with van der Waals surface area (Å²) in [7, 11) is 0. The molecule has 1 aromatic carbocycles. The molecule has 1 fully saturated rings. The highest BCUT2D eigenvalue weighted by Gasteiger charge is 2.34. The number of amides is 3. The molecule has 3 amide bonds. The topological polar surface area (TPSA) is 102 Å². The van der Waals surface area contributed by atoms with Gasteiger partial charge < -0.3 is 20.7 Å². The number of rotatable bonds is 6. The first kappa shape index (κ1) is 19.1. The summed E-state index contributed by atoms with van der Waals surface area (Å²) < 4.78 is 5.08. The van der Waals surface area contributed by atoms with E-state index in [0.29, 0.717) is 12.3 Å². The van der Waals surface area contributed by atoms with Gasteiger partial charge in [-0.3, -0.25) is 4.79 Å². The molecule has 1 heterocycles. The maximum absolute atomic E-state index is 12.8. The van der Waals surface area contributed by atoms with Crippen molar-refractivity contribution in [1.82, 2.24) is 10.2 Å². The van der Waals surface area contributed by atoms with Crippen molar-refractivity contribution in [3.63, 3.8) is 0 Å². The van der Waals surface area contributed by atoms with Crippen molar-refractivity contribution in [2.45, 2.75) is 25.4 Å². The zero-order chi connectivity index (χ0) is 18.2. The summed E-state index contributed by atoms with van der Waals surface area (Å²) in [6, 6.07) is 7.33. The highest BCUT2D eigenvalue weighted by molar-refractivity contribution is 7.99. The van der Waals surface area contributed by atoms with Gasteiger partial charge in [-0.05, 0) is 12.5 Å². The quantitative estimate of drug-likeness (QED) is 0.740. The van der Waals surface area contributed by atoms with Crippen LogP contribution in [0, 0.1) is 0 Å². The maximum Gasteiger partial charge on any atom is 0.329 e. The Kier molecular flexibility index (Phi) is 7.12. The van der Waals surface area contributed by atoms with Crippen molar-refractivity contribution in [3.05, 3.63) is 35.9 Å². The Balaban J connectivity index is 2.12. The van der Waals surface area contributed by atoms with Gasteiger partial charge in [0.1, 0.15) is 6.04 Å². The number of primary amides is 1. The molecule has 1 saturated heterocycles. The van der Waals surface area contributed by atoms with Crippen molar-refractivity contribution in [1.29, 1.82) is 0 Å². The summed E-state index contributed by atoms with van der Waals surface area (Å²) >= 11 is 1.62. The standard InChI is InChI=1S/C17H23N3O4S/c1-2-24-16(22)14-11-25-9-8-20(14)15(21)10-13(19-17(18)23)12-6-4-3-5-7-12/h3-7,13-14H,2,8-11H2,1H3,(H3,18,19,23). The third-order valence-electron chi connectivity index (χ3n) is 3.90. The Bertz CT molecular complexity index is 611. The smallest absolute Gasteiger partial charge is 0.329 e. The molecular formula is C17H23N3O4S. The SMILES string of the molecule is CCOC(=O)C1CSCCN1C(=O)CC(NC(N)=O)c1ccccc1. The highest BCUT2D eigenvalue weighted by Crippen LogP contribution is 2.23. The molecule has 1 aliphatic heterocycles. The van der Waals surface area contributed by atoms with Crippen LogP contribution in [0.15, 0.2) is 30.3 Å². The lowest BCUT2D eigenvalue weighted by molar-refractivity contribution is -0.154. The van der Waals surface area contributed by atoms with Gasteiger partial charge in [0.05, 0.1) is 19.1 Å². The molecule has 0 radical (unpaired) electrons. The second-order valence-electron chi connectivity index (χ2n) is 5.61. The van der Waals surface area contributed by atoms with Crippen LogP contribution in [0.5, 0.6) is 0 Å². The second-order valence-corrected chi connectivity index (χ2v) is 6.76. The minimum Gasteiger partial charge on any atom is -0.464 e. The normalized spacial score (nSPS) is 18.3. The fourth-order valence-electron chi connectivity index (χ4n) is 2.74. The Labute approximate surface area is 151 Å². The van der Waals surface area contributed by atoms with Gasteiger partial charge in [0, 0.05) is 18.1 Å². The van der Waals surface area contributed by atoms with Crippen LogP contribution in [-0.2, 0) is 14.3 Å². The molecule has 25 heavy (non-hydrogen) atoms. The molecule has 0 aromatic heterocycles. The van der Waals surface area contributed by atoms with Gasteiger partial charge in [-0.2, -0.15) is 11.8 Å². The lowest BCUT2D eigenvalue weighted by Crippen LogP contribution is -2.51. The van der Waals surface area contributed by atoms with Gasteiger partial charge in [0.2, 0.25) is 5.91 Å². The first-order valence-corrected chi connectivity index (χ1v) is 9.33. The second kappa shape index (κ2) is 9.31. The van der Waals surface area contributed by atoms with Crippen LogP contribution >= 0.6 is 11.8 Å². The monoisotopic (exact) mass is 365 g/mol. The number of esters is 1. The molecule has 7 nitrogen and oxygen atoms in total. The largest absolute Gasteiger partial charge is 0.464 e. The zero-order valence-corrected chi connectivity index (χ0v) is 15.0. The molecule has 1 aliphatic rings. The zero-order valence-electron chi connectivity index (χ0n) is 14.1. The molecule has 3 N–H and O–H groups in total. The van der Waals surface area contributed by atoms with E-state index in [0.717, 1.165) is 11.3 Å². The van der Waals surface area contributed by atoms with E-state index in [1.165, 1.54) is 0 Å². The Morgan fingerprint density at radius 1 is 1.36 bits per heavy atom. The maximum atomic E-state index is 12.8. The minimum absolute atomic E-state index is 0.0352. The molecule has 0 bridgehead atoms. The summed E-state index contributed by atoms with van der Waals surface area (Å²) in [6.45, 7) is 2.49. The molecular weight excluding hydrogens is 342 g/mol. The summed E-state index contributed by atoms with van der Waals surface area (Å²) in [6.07, 6.45) is 0.0352. The number of nitrogens with zero attached hydrogens (tertiary/aromatic N) is 1. The van der Waals surface area contributed by atoms with Gasteiger partial charge >= 0.3 is 12.0 Å². The summed E-state index contributed by atoms with van der Waals surface area (Å²) in [5, 5.41) is 2.61. The fourth-order valence-corrected chi connectivity index (χ4v) is 3.77. The van der Waals surface area contributed by atoms with Crippen LogP contribution in [-0.4, -0.2) is 53.5 Å². The average molecular weight is 365 g/mol. The number of hydrogen-bond acceptors (Lipinski definition) is 5. The lowest BCUT2D eigenvalue weighted by atomic mass is 10.0. The number of benzene rings is 1. The molecule has 0 saturated carbocycles. The summed E-state index contributed by atoms with van der Waals surface area (Å²) in [4.78, 5) is 37.8. The van der Waals surface area contributed by atoms with Gasteiger partial charge in [-0.15, -0.1) is 0 Å². The highest BCUT2D eigenvalue weighted by atomic mass is 32.2. The van der Waals surface area contributed by atoms with Crippen molar-refractivity contribution >= 4 is 29.7 Å². The van der Waals surface area contributed by atoms with E-state index in [2.05, 4.69) is 5.32 Å². The lowest BCUT2D eigenvalue weighted by Gasteiger charge is -2.34. The van der Waals surface area contributed by atoms with Gasteiger partial charge in [-0.1, -0.05) is 30.3 Å². The number of carbonyl (C=O) groups is 3. The third kappa shape index (κ3) is 5.38. The molecule has 0 spiro atoms. The number of urea groups is 1. The number of ether oxygens (including phenoxy) is 1. The predicted octanol–water partition coefficient (Wildman–Crippen LogP) is 1.29. The molecule has 8 heteroatoms. The van der Waals surface area contributed by atoms with E-state index in [4.69, 9.17) is 10.5 Å². The van der Waals surface area contributed by atoms with Crippen LogP contribution in [0.3, 0.4) is 0 Å². The van der Waals surface area contributed by atoms with Gasteiger partial charge in [-0.25, -0.2) is 9.59 Å². The van der Waals surface area contributed by atoms with Crippen LogP contribution < -0.4 is 11.1 Å². The van der Waals surface area contributed by atoms with E-state index in [1.54, 1.807) is 23.6 Å². The number of nitrogens with one attached hydrogen (secondary N) is 1. The van der Waals surface area contributed by atoms with Crippen molar-refractivity contribution in [2.75, 3.05) is 24.7 Å². The number of carbonyl (C=O) groups excluding carboxylic acids is 3. The van der Waals surface area contributed by atoms with Gasteiger partial charge in [0.25, 0.3) is 0 Å². The first-order chi connectivity index (χ1) is 12.0. The van der Waals surface area contributed by atoms with Crippen LogP contribution in [0.25, 0.3) is 0 Å². The number of thioether (sulfide) groups is 1. The van der Waals surface area contributed by atoms with Gasteiger partial charge in [0.15, 0.2) is 0 Å². The van der Waals surface area contributed by atoms with Crippen molar-refractivity contribution in [3.8, 4) is 0 Å². The van der Waals surface area contributed by atoms with Crippen molar-refractivity contribution < 1.29 is 19.1 Å². The molecule has 1 aromatic rings. The molecule has 2 unspecified atom stereocenters. The van der Waals surface area contributed by atoms with E-state index in [-0.39, 0.29) is 24.9 Å².